The molecule has 66 valence electrons. The number of carbonyl (C=O) groups excluding carboxylic acids is 2. The third kappa shape index (κ3) is 0.714. The average Bonchev–Trinajstić information content (AvgIpc) is 2.51. The van der Waals surface area contributed by atoms with Gasteiger partial charge in [-0.05, 0) is 13.3 Å². The van der Waals surface area contributed by atoms with Crippen LogP contribution in [0.25, 0.3) is 0 Å². The summed E-state index contributed by atoms with van der Waals surface area (Å²) in [4.78, 5) is 24.1. The first-order chi connectivity index (χ1) is 5.63. The maximum Gasteiger partial charge on any atom is 0.260 e. The molecule has 0 bridgehead atoms. The minimum Gasteiger partial charge on any atom is -0.309 e. The fourth-order valence-corrected chi connectivity index (χ4v) is 1.92. The zero-order valence-electron chi connectivity index (χ0n) is 6.86. The van der Waals surface area contributed by atoms with E-state index in [1.807, 2.05) is 0 Å². The normalized spacial score (nSPS) is 34.8. The van der Waals surface area contributed by atoms with Crippen molar-refractivity contribution in [3.05, 3.63) is 0 Å². The molecule has 2 heterocycles. The van der Waals surface area contributed by atoms with E-state index in [1.54, 1.807) is 11.8 Å². The number of rotatable bonds is 0. The van der Waals surface area contributed by atoms with E-state index in [1.165, 1.54) is 5.01 Å². The van der Waals surface area contributed by atoms with Crippen molar-refractivity contribution in [2.45, 2.75) is 32.0 Å². The second-order valence-corrected chi connectivity index (χ2v) is 3.24. The van der Waals surface area contributed by atoms with Gasteiger partial charge in [0.15, 0.2) is 0 Å². The molecule has 2 saturated heterocycles. The highest BCUT2D eigenvalue weighted by molar-refractivity contribution is 5.92. The molecule has 2 unspecified atom stereocenters. The molecule has 0 aromatic heterocycles. The van der Waals surface area contributed by atoms with E-state index in [9.17, 15) is 9.59 Å². The molecule has 2 rings (SSSR count). The van der Waals surface area contributed by atoms with Crippen LogP contribution in [-0.4, -0.2) is 33.9 Å². The van der Waals surface area contributed by atoms with Crippen molar-refractivity contribution >= 4 is 11.8 Å². The molecule has 0 saturated carbocycles. The van der Waals surface area contributed by atoms with Crippen LogP contribution in [0.1, 0.15) is 19.8 Å². The maximum absolute atomic E-state index is 11.3. The lowest BCUT2D eigenvalue weighted by Crippen LogP contribution is -2.41. The molecular weight excluding hydrogens is 158 g/mol. The van der Waals surface area contributed by atoms with E-state index < -0.39 is 0 Å². The minimum absolute atomic E-state index is 0.0359. The molecule has 0 aromatic rings. The highest BCUT2D eigenvalue weighted by Crippen LogP contribution is 2.29. The molecule has 2 atom stereocenters. The van der Waals surface area contributed by atoms with Gasteiger partial charge in [-0.2, -0.15) is 0 Å². The summed E-state index contributed by atoms with van der Waals surface area (Å²) >= 11 is 0. The zero-order chi connectivity index (χ0) is 8.88. The Balaban J connectivity index is 2.32. The van der Waals surface area contributed by atoms with Gasteiger partial charge in [-0.1, -0.05) is 0 Å². The predicted octanol–water partition coefficient (Wildman–Crippen LogP) is -0.961. The lowest BCUT2D eigenvalue weighted by atomic mass is 10.3. The highest BCUT2D eigenvalue weighted by Gasteiger charge is 2.48. The first kappa shape index (κ1) is 7.54. The molecule has 2 aliphatic rings. The topological polar surface area (TPSA) is 66.6 Å². The fourth-order valence-electron chi connectivity index (χ4n) is 1.92. The lowest BCUT2D eigenvalue weighted by molar-refractivity contribution is -0.133. The van der Waals surface area contributed by atoms with Gasteiger partial charge in [0.05, 0.1) is 0 Å². The maximum atomic E-state index is 11.3. The number of hydrogen-bond acceptors (Lipinski definition) is 3. The minimum atomic E-state index is -0.366. The van der Waals surface area contributed by atoms with Crippen molar-refractivity contribution in [2.75, 3.05) is 0 Å². The van der Waals surface area contributed by atoms with Crippen LogP contribution in [-0.2, 0) is 9.59 Å². The summed E-state index contributed by atoms with van der Waals surface area (Å²) < 4.78 is 0. The second kappa shape index (κ2) is 2.20. The van der Waals surface area contributed by atoms with Gasteiger partial charge in [0, 0.05) is 6.42 Å². The number of carbonyl (C=O) groups is 2. The quantitative estimate of drug-likeness (QED) is 0.375. The fraction of sp³-hybridized carbons (Fsp3) is 0.714. The Morgan fingerprint density at radius 2 is 2.17 bits per heavy atom. The summed E-state index contributed by atoms with van der Waals surface area (Å²) in [6.45, 7) is 1.71. The van der Waals surface area contributed by atoms with E-state index in [0.717, 1.165) is 0 Å². The van der Waals surface area contributed by atoms with Gasteiger partial charge in [0.1, 0.15) is 12.2 Å². The van der Waals surface area contributed by atoms with Crippen LogP contribution in [0.3, 0.4) is 0 Å². The predicted molar refractivity (Wildman–Crippen MR) is 40.4 cm³/mol. The van der Waals surface area contributed by atoms with Crippen molar-refractivity contribution in [3.63, 3.8) is 0 Å². The third-order valence-electron chi connectivity index (χ3n) is 2.58. The van der Waals surface area contributed by atoms with Gasteiger partial charge in [-0.15, -0.1) is 0 Å². The largest absolute Gasteiger partial charge is 0.309 e. The Bertz CT molecular complexity index is 253. The van der Waals surface area contributed by atoms with E-state index >= 15 is 0 Å². The Morgan fingerprint density at radius 1 is 1.50 bits per heavy atom. The third-order valence-corrected chi connectivity index (χ3v) is 2.58. The highest BCUT2D eigenvalue weighted by atomic mass is 16.2. The van der Waals surface area contributed by atoms with Crippen molar-refractivity contribution < 1.29 is 9.59 Å². The first-order valence-corrected chi connectivity index (χ1v) is 4.02. The van der Waals surface area contributed by atoms with Gasteiger partial charge in [-0.3, -0.25) is 14.6 Å². The molecule has 5 nitrogen and oxygen atoms in total. The number of hydrogen-bond donors (Lipinski definition) is 1. The number of nitrogens with two attached hydrogens (primary N) is 1. The van der Waals surface area contributed by atoms with Crippen LogP contribution in [0, 0.1) is 0 Å². The molecule has 2 fully saturated rings. The van der Waals surface area contributed by atoms with Crippen LogP contribution in [0.2, 0.25) is 0 Å². The zero-order valence-corrected chi connectivity index (χ0v) is 6.86. The van der Waals surface area contributed by atoms with Gasteiger partial charge >= 0.3 is 0 Å². The van der Waals surface area contributed by atoms with E-state index in [4.69, 9.17) is 5.84 Å². The lowest BCUT2D eigenvalue weighted by Gasteiger charge is -2.19. The summed E-state index contributed by atoms with van der Waals surface area (Å²) in [5.74, 6) is 5.38. The van der Waals surface area contributed by atoms with Crippen molar-refractivity contribution in [3.8, 4) is 0 Å². The van der Waals surface area contributed by atoms with Crippen molar-refractivity contribution in [1.82, 2.24) is 9.91 Å². The van der Waals surface area contributed by atoms with Crippen molar-refractivity contribution in [2.24, 2.45) is 5.84 Å². The number of hydrazine groups is 1. The Hall–Kier alpha value is -1.10. The molecule has 2 N–H and O–H groups in total. The molecule has 0 aromatic carbocycles. The van der Waals surface area contributed by atoms with Crippen LogP contribution >= 0.6 is 0 Å². The standard InChI is InChI=1S/C7H11N3O2/c1-4-7(12)10(8)5-2-3-6(11)9(4)5/h4-5H,2-3,8H2,1H3. The van der Waals surface area contributed by atoms with Gasteiger partial charge < -0.3 is 4.90 Å². The van der Waals surface area contributed by atoms with Crippen LogP contribution in [0.4, 0.5) is 0 Å². The molecule has 0 spiro atoms. The molecule has 5 heteroatoms. The molecule has 0 radical (unpaired) electrons. The number of amides is 2. The van der Waals surface area contributed by atoms with Gasteiger partial charge in [-0.25, -0.2) is 5.84 Å². The molecular formula is C7H11N3O2. The summed E-state index contributed by atoms with van der Waals surface area (Å²) in [5, 5.41) is 1.18. The number of fused-ring (bicyclic) bond motifs is 1. The molecule has 0 aliphatic carbocycles. The van der Waals surface area contributed by atoms with E-state index in [2.05, 4.69) is 0 Å². The smallest absolute Gasteiger partial charge is 0.260 e. The van der Waals surface area contributed by atoms with Crippen molar-refractivity contribution in [1.29, 1.82) is 0 Å². The Morgan fingerprint density at radius 3 is 2.75 bits per heavy atom. The van der Waals surface area contributed by atoms with Crippen LogP contribution < -0.4 is 5.84 Å². The summed E-state index contributed by atoms with van der Waals surface area (Å²) in [6.07, 6.45) is 1.00. The SMILES string of the molecule is CC1C(=O)N(N)C2CCC(=O)N12. The van der Waals surface area contributed by atoms with Crippen LogP contribution in [0.15, 0.2) is 0 Å². The Labute approximate surface area is 70.1 Å². The molecule has 2 amide bonds. The summed E-state index contributed by atoms with van der Waals surface area (Å²) in [5.41, 5.74) is 0. The monoisotopic (exact) mass is 169 g/mol. The first-order valence-electron chi connectivity index (χ1n) is 4.02. The number of nitrogens with zero attached hydrogens (tertiary/aromatic N) is 2. The summed E-state index contributed by atoms with van der Waals surface area (Å²) in [6, 6.07) is -0.366. The molecule has 12 heavy (non-hydrogen) atoms. The van der Waals surface area contributed by atoms with Gasteiger partial charge in [0.25, 0.3) is 5.91 Å². The second-order valence-electron chi connectivity index (χ2n) is 3.24. The van der Waals surface area contributed by atoms with E-state index in [0.29, 0.717) is 12.8 Å². The summed E-state index contributed by atoms with van der Waals surface area (Å²) in [7, 11) is 0. The molecule has 2 aliphatic heterocycles. The average molecular weight is 169 g/mol. The van der Waals surface area contributed by atoms with E-state index in [-0.39, 0.29) is 24.0 Å². The van der Waals surface area contributed by atoms with Gasteiger partial charge in [0.2, 0.25) is 5.91 Å². The Kier molecular flexibility index (Phi) is 1.38. The van der Waals surface area contributed by atoms with Crippen LogP contribution in [0.5, 0.6) is 0 Å².